The molecule has 0 bridgehead atoms. The van der Waals surface area contributed by atoms with E-state index in [0.717, 1.165) is 56.0 Å². The second-order valence-electron chi connectivity index (χ2n) is 11.0. The summed E-state index contributed by atoms with van der Waals surface area (Å²) in [4.78, 5) is 20.3. The maximum atomic E-state index is 13.4. The molecule has 8 heteroatoms. The maximum Gasteiger partial charge on any atom is 0.255 e. The Morgan fingerprint density at radius 1 is 1.13 bits per heavy atom. The molecule has 1 aliphatic rings. The smallest absolute Gasteiger partial charge is 0.255 e. The maximum absolute atomic E-state index is 13.4. The molecule has 0 aliphatic carbocycles. The standard InChI is InChI=1S/C31H40N4O4/c1-21-7-8-22(30(37)34-27-17-24(31(2,3)4)15-23(20-36)29(27)38-5)16-28(21)39-26-9-11-33-25(18-26)19-35-13-6-10-32-12-14-35/h7-9,11,15-18,32,36H,6,10,12-14,19-20H2,1-5H3,(H,34,37). The molecule has 0 unspecified atom stereocenters. The molecule has 0 atom stereocenters. The van der Waals surface area contributed by atoms with Crippen molar-refractivity contribution in [3.63, 3.8) is 0 Å². The summed E-state index contributed by atoms with van der Waals surface area (Å²) in [5, 5.41) is 16.3. The minimum absolute atomic E-state index is 0.173. The van der Waals surface area contributed by atoms with Crippen molar-refractivity contribution < 1.29 is 19.4 Å². The van der Waals surface area contributed by atoms with Crippen LogP contribution in [0.3, 0.4) is 0 Å². The van der Waals surface area contributed by atoms with E-state index in [-0.39, 0.29) is 17.9 Å². The summed E-state index contributed by atoms with van der Waals surface area (Å²) in [6.07, 6.45) is 2.89. The van der Waals surface area contributed by atoms with E-state index in [1.165, 1.54) is 7.11 Å². The fourth-order valence-electron chi connectivity index (χ4n) is 4.64. The molecule has 3 N–H and O–H groups in total. The van der Waals surface area contributed by atoms with Crippen molar-refractivity contribution in [1.29, 1.82) is 0 Å². The zero-order chi connectivity index (χ0) is 28.0. The van der Waals surface area contributed by atoms with Crippen molar-refractivity contribution in [3.8, 4) is 17.2 Å². The number of aliphatic hydroxyl groups excluding tert-OH is 1. The fraction of sp³-hybridized carbons (Fsp3) is 0.419. The Balaban J connectivity index is 1.54. The molecule has 1 saturated heterocycles. The number of anilines is 1. The van der Waals surface area contributed by atoms with Gasteiger partial charge in [-0.2, -0.15) is 0 Å². The van der Waals surface area contributed by atoms with Gasteiger partial charge in [0.2, 0.25) is 0 Å². The molecule has 0 radical (unpaired) electrons. The molecule has 39 heavy (non-hydrogen) atoms. The van der Waals surface area contributed by atoms with Crippen LogP contribution in [-0.4, -0.2) is 54.2 Å². The molecule has 2 heterocycles. The highest BCUT2D eigenvalue weighted by Gasteiger charge is 2.21. The van der Waals surface area contributed by atoms with Crippen molar-refractivity contribution in [3.05, 3.63) is 76.6 Å². The summed E-state index contributed by atoms with van der Waals surface area (Å²) in [5.41, 5.74) is 4.28. The molecule has 8 nitrogen and oxygen atoms in total. The SMILES string of the molecule is COc1c(CO)cc(C(C)(C)C)cc1NC(=O)c1ccc(C)c(Oc2ccnc(CN3CCCNCC3)c2)c1. The number of nitrogens with zero attached hydrogens (tertiary/aromatic N) is 2. The number of methoxy groups -OCH3 is 1. The van der Waals surface area contributed by atoms with E-state index in [9.17, 15) is 9.90 Å². The van der Waals surface area contributed by atoms with Gasteiger partial charge in [0.25, 0.3) is 5.91 Å². The Morgan fingerprint density at radius 2 is 1.95 bits per heavy atom. The number of benzene rings is 2. The van der Waals surface area contributed by atoms with Crippen molar-refractivity contribution in [2.45, 2.75) is 52.7 Å². The first-order chi connectivity index (χ1) is 18.7. The lowest BCUT2D eigenvalue weighted by Gasteiger charge is -2.23. The summed E-state index contributed by atoms with van der Waals surface area (Å²) in [6.45, 7) is 12.8. The molecular formula is C31H40N4O4. The number of aliphatic hydroxyl groups is 1. The number of carbonyl (C=O) groups excluding carboxylic acids is 1. The van der Waals surface area contributed by atoms with Crippen LogP contribution in [0.25, 0.3) is 0 Å². The summed E-state index contributed by atoms with van der Waals surface area (Å²) in [6, 6.07) is 13.0. The van der Waals surface area contributed by atoms with Crippen LogP contribution < -0.4 is 20.1 Å². The van der Waals surface area contributed by atoms with Crippen LogP contribution in [0.2, 0.25) is 0 Å². The molecule has 1 amide bonds. The van der Waals surface area contributed by atoms with Gasteiger partial charge in [0.15, 0.2) is 0 Å². The van der Waals surface area contributed by atoms with Crippen LogP contribution in [0.15, 0.2) is 48.7 Å². The van der Waals surface area contributed by atoms with Gasteiger partial charge in [0.05, 0.1) is 25.1 Å². The third-order valence-corrected chi connectivity index (χ3v) is 6.94. The van der Waals surface area contributed by atoms with Crippen molar-refractivity contribution in [2.75, 3.05) is 38.6 Å². The number of amides is 1. The molecule has 2 aromatic carbocycles. The van der Waals surface area contributed by atoms with Gasteiger partial charge in [-0.1, -0.05) is 26.8 Å². The first-order valence-corrected chi connectivity index (χ1v) is 13.5. The van der Waals surface area contributed by atoms with E-state index in [1.54, 1.807) is 18.3 Å². The van der Waals surface area contributed by atoms with Crippen molar-refractivity contribution >= 4 is 11.6 Å². The van der Waals surface area contributed by atoms with E-state index in [2.05, 4.69) is 41.3 Å². The third kappa shape index (κ3) is 7.35. The van der Waals surface area contributed by atoms with Crippen LogP contribution in [0.4, 0.5) is 5.69 Å². The predicted octanol–water partition coefficient (Wildman–Crippen LogP) is 5.03. The first kappa shape index (κ1) is 28.5. The van der Waals surface area contributed by atoms with Gasteiger partial charge in [-0.25, -0.2) is 0 Å². The number of ether oxygens (including phenoxy) is 2. The fourth-order valence-corrected chi connectivity index (χ4v) is 4.64. The summed E-state index contributed by atoms with van der Waals surface area (Å²) in [7, 11) is 1.53. The molecular weight excluding hydrogens is 492 g/mol. The Morgan fingerprint density at radius 3 is 2.69 bits per heavy atom. The van der Waals surface area contributed by atoms with Gasteiger partial charge in [-0.05, 0) is 73.3 Å². The Hall–Kier alpha value is -3.46. The highest BCUT2D eigenvalue weighted by Crippen LogP contribution is 2.36. The van der Waals surface area contributed by atoms with Gasteiger partial charge in [-0.3, -0.25) is 14.7 Å². The van der Waals surface area contributed by atoms with Crippen LogP contribution in [0.1, 0.15) is 59.9 Å². The Kier molecular flexibility index (Phi) is 9.22. The quantitative estimate of drug-likeness (QED) is 0.375. The minimum Gasteiger partial charge on any atom is -0.494 e. The van der Waals surface area contributed by atoms with Gasteiger partial charge in [-0.15, -0.1) is 0 Å². The highest BCUT2D eigenvalue weighted by molar-refractivity contribution is 6.05. The molecule has 4 rings (SSSR count). The van der Waals surface area contributed by atoms with Crippen LogP contribution >= 0.6 is 0 Å². The molecule has 3 aromatic rings. The number of aryl methyl sites for hydroxylation is 1. The number of aromatic nitrogens is 1. The lowest BCUT2D eigenvalue weighted by atomic mass is 9.85. The number of hydrogen-bond acceptors (Lipinski definition) is 7. The topological polar surface area (TPSA) is 96.0 Å². The van der Waals surface area contributed by atoms with Gasteiger partial charge in [0.1, 0.15) is 17.2 Å². The molecule has 1 aromatic heterocycles. The van der Waals surface area contributed by atoms with Crippen LogP contribution in [0, 0.1) is 6.92 Å². The van der Waals surface area contributed by atoms with Gasteiger partial charge in [0, 0.05) is 43.0 Å². The minimum atomic E-state index is -0.293. The van der Waals surface area contributed by atoms with E-state index in [1.807, 2.05) is 37.3 Å². The molecule has 0 saturated carbocycles. The van der Waals surface area contributed by atoms with Gasteiger partial charge < -0.3 is 25.2 Å². The summed E-state index contributed by atoms with van der Waals surface area (Å²) < 4.78 is 11.8. The van der Waals surface area contributed by atoms with E-state index < -0.39 is 0 Å². The predicted molar refractivity (Wildman–Crippen MR) is 154 cm³/mol. The van der Waals surface area contributed by atoms with Crippen molar-refractivity contribution in [1.82, 2.24) is 15.2 Å². The number of pyridine rings is 1. The third-order valence-electron chi connectivity index (χ3n) is 6.94. The zero-order valence-corrected chi connectivity index (χ0v) is 23.6. The second kappa shape index (κ2) is 12.6. The van der Waals surface area contributed by atoms with E-state index >= 15 is 0 Å². The molecule has 0 spiro atoms. The van der Waals surface area contributed by atoms with Crippen molar-refractivity contribution in [2.24, 2.45) is 0 Å². The van der Waals surface area contributed by atoms with Crippen LogP contribution in [0.5, 0.6) is 17.2 Å². The van der Waals surface area contributed by atoms with E-state index in [0.29, 0.717) is 34.1 Å². The number of carbonyl (C=O) groups is 1. The highest BCUT2D eigenvalue weighted by atomic mass is 16.5. The normalized spacial score (nSPS) is 14.5. The summed E-state index contributed by atoms with van der Waals surface area (Å²) >= 11 is 0. The lowest BCUT2D eigenvalue weighted by molar-refractivity contribution is 0.102. The van der Waals surface area contributed by atoms with E-state index in [4.69, 9.17) is 9.47 Å². The average Bonchev–Trinajstić information content (AvgIpc) is 3.17. The lowest BCUT2D eigenvalue weighted by Crippen LogP contribution is -2.27. The zero-order valence-electron chi connectivity index (χ0n) is 23.6. The monoisotopic (exact) mass is 532 g/mol. The second-order valence-corrected chi connectivity index (χ2v) is 11.0. The number of hydrogen-bond donors (Lipinski definition) is 3. The molecule has 1 aliphatic heterocycles. The number of nitrogens with one attached hydrogen (secondary N) is 2. The van der Waals surface area contributed by atoms with Gasteiger partial charge >= 0.3 is 0 Å². The number of rotatable bonds is 8. The largest absolute Gasteiger partial charge is 0.494 e. The molecule has 208 valence electrons. The summed E-state index contributed by atoms with van der Waals surface area (Å²) in [5.74, 6) is 1.44. The molecule has 1 fully saturated rings. The average molecular weight is 533 g/mol. The Bertz CT molecular complexity index is 1290. The Labute approximate surface area is 231 Å². The van der Waals surface area contributed by atoms with Crippen LogP contribution in [-0.2, 0) is 18.6 Å². The first-order valence-electron chi connectivity index (χ1n) is 13.5.